The molecular formula is C74H123N13O21Si3. The van der Waals surface area contributed by atoms with Crippen molar-refractivity contribution in [3.8, 4) is 0 Å². The number of azide groups is 1. The molecule has 34 nitrogen and oxygen atoms in total. The van der Waals surface area contributed by atoms with Crippen LogP contribution in [0.2, 0.25) is 18.1 Å². The first-order chi connectivity index (χ1) is 53.4. The Morgan fingerprint density at radius 1 is 0.324 bits per heavy atom. The fourth-order valence-electron chi connectivity index (χ4n) is 9.31. The zero-order chi connectivity index (χ0) is 83.1. The number of hydrogen-bond donors (Lipinski definition) is 12. The van der Waals surface area contributed by atoms with Crippen LogP contribution in [0.5, 0.6) is 0 Å². The highest BCUT2D eigenvalue weighted by atomic mass is 28.4. The van der Waals surface area contributed by atoms with Crippen molar-refractivity contribution in [3.63, 3.8) is 0 Å². The molecule has 0 spiro atoms. The summed E-state index contributed by atoms with van der Waals surface area (Å²) >= 11 is 0. The number of hydrogen-bond acceptors (Lipinski definition) is 22. The highest BCUT2D eigenvalue weighted by molar-refractivity contribution is 6.61. The first-order valence-corrected chi connectivity index (χ1v) is 42.3. The Labute approximate surface area is 657 Å². The molecule has 0 aliphatic carbocycles. The SMILES string of the molecule is CO[Si](CCCNC(=O)CCC(=O)NCCCN)(OC)OC.CO[Si](CCCNC(=O)CCC(=O)NCCCNC(=O)Cc1ccccc1)(OC)OC.CO[Si](CCCNC(=O)CCC(=O)O)(OC)OC.NCCCNC(=O)Cc1ccccc1.O=C(O)Cc1ccccc1.[N-]=[N+]=NCCCNC(=O)Cc1ccccc1. The van der Waals surface area contributed by atoms with Crippen LogP contribution in [0.1, 0.15) is 106 Å². The predicted molar refractivity (Wildman–Crippen MR) is 427 cm³/mol. The third-order valence-corrected chi connectivity index (χ3v) is 24.0. The minimum Gasteiger partial charge on any atom is -0.481 e. The summed E-state index contributed by atoms with van der Waals surface area (Å²) in [5.41, 5.74) is 22.5. The fourth-order valence-corrected chi connectivity index (χ4v) is 14.5. The van der Waals surface area contributed by atoms with Gasteiger partial charge in [0.1, 0.15) is 0 Å². The van der Waals surface area contributed by atoms with Crippen LogP contribution < -0.4 is 54.0 Å². The maximum Gasteiger partial charge on any atom is 0.500 e. The van der Waals surface area contributed by atoms with Crippen molar-refractivity contribution in [3.05, 3.63) is 154 Å². The zero-order valence-electron chi connectivity index (χ0n) is 66.1. The second-order valence-electron chi connectivity index (χ2n) is 23.9. The van der Waals surface area contributed by atoms with E-state index in [9.17, 15) is 47.9 Å². The Balaban J connectivity index is 0. The van der Waals surface area contributed by atoms with Crippen LogP contribution in [-0.2, 0) is 113 Å². The van der Waals surface area contributed by atoms with Gasteiger partial charge in [0.15, 0.2) is 0 Å². The van der Waals surface area contributed by atoms with Crippen molar-refractivity contribution < 1.29 is 98.0 Å². The summed E-state index contributed by atoms with van der Waals surface area (Å²) in [6, 6.07) is 39.7. The largest absolute Gasteiger partial charge is 0.500 e. The monoisotopic (exact) mass is 1610 g/mol. The number of carboxylic acid groups (broad SMARTS) is 2. The van der Waals surface area contributed by atoms with Gasteiger partial charge in [-0.15, -0.1) is 0 Å². The average Bonchev–Trinajstić information content (AvgIpc) is 0.915. The number of carbonyl (C=O) groups excluding carboxylic acids is 8. The molecule has 4 aromatic carbocycles. The van der Waals surface area contributed by atoms with Crippen LogP contribution in [0.15, 0.2) is 126 Å². The van der Waals surface area contributed by atoms with E-state index in [1.54, 1.807) is 54.8 Å². The van der Waals surface area contributed by atoms with Gasteiger partial charge in [-0.05, 0) is 85.8 Å². The average molecular weight is 1620 g/mol. The molecule has 4 rings (SSSR count). The van der Waals surface area contributed by atoms with E-state index in [-0.39, 0.29) is 92.2 Å². The predicted octanol–water partition coefficient (Wildman–Crippen LogP) is 4.92. The molecule has 0 atom stereocenters. The van der Waals surface area contributed by atoms with Crippen molar-refractivity contribution in [2.75, 3.05) is 136 Å². The summed E-state index contributed by atoms with van der Waals surface area (Å²) in [5, 5.41) is 42.2. The number of carbonyl (C=O) groups is 10. The van der Waals surface area contributed by atoms with Gasteiger partial charge in [-0.1, -0.05) is 126 Å². The highest BCUT2D eigenvalue weighted by Gasteiger charge is 2.38. The molecule has 14 N–H and O–H groups in total. The van der Waals surface area contributed by atoms with Gasteiger partial charge in [0.25, 0.3) is 0 Å². The van der Waals surface area contributed by atoms with Gasteiger partial charge in [-0.3, -0.25) is 47.9 Å². The summed E-state index contributed by atoms with van der Waals surface area (Å²) in [4.78, 5) is 116. The Morgan fingerprint density at radius 3 is 0.784 bits per heavy atom. The molecule has 0 fully saturated rings. The quantitative estimate of drug-likeness (QED) is 0.00917. The lowest BCUT2D eigenvalue weighted by Gasteiger charge is -2.24. The van der Waals surface area contributed by atoms with Gasteiger partial charge in [0, 0.05) is 178 Å². The summed E-state index contributed by atoms with van der Waals surface area (Å²) in [6.07, 6.45) is 6.62. The van der Waals surface area contributed by atoms with E-state index in [0.717, 1.165) is 35.1 Å². The van der Waals surface area contributed by atoms with Crippen LogP contribution in [0.4, 0.5) is 0 Å². The molecule has 622 valence electrons. The van der Waals surface area contributed by atoms with E-state index in [2.05, 4.69) is 52.6 Å². The molecule has 0 bridgehead atoms. The van der Waals surface area contributed by atoms with Gasteiger partial charge in [0.05, 0.1) is 32.1 Å². The van der Waals surface area contributed by atoms with E-state index in [1.165, 1.54) is 21.3 Å². The topological polar surface area (TPSA) is 491 Å². The Kier molecular flexibility index (Phi) is 64.8. The summed E-state index contributed by atoms with van der Waals surface area (Å²) in [7, 11) is 6.16. The highest BCUT2D eigenvalue weighted by Crippen LogP contribution is 2.17. The Bertz CT molecular complexity index is 3160. The van der Waals surface area contributed by atoms with Crippen LogP contribution in [0.25, 0.3) is 10.4 Å². The maximum atomic E-state index is 11.9. The van der Waals surface area contributed by atoms with E-state index in [1.807, 2.05) is 109 Å². The van der Waals surface area contributed by atoms with E-state index in [4.69, 9.17) is 67.0 Å². The van der Waals surface area contributed by atoms with Crippen molar-refractivity contribution in [1.29, 1.82) is 0 Å². The number of aliphatic carboxylic acids is 2. The zero-order valence-corrected chi connectivity index (χ0v) is 69.1. The molecule has 0 saturated carbocycles. The lowest BCUT2D eigenvalue weighted by Crippen LogP contribution is -2.43. The van der Waals surface area contributed by atoms with Crippen LogP contribution in [0.3, 0.4) is 0 Å². The number of rotatable bonds is 52. The van der Waals surface area contributed by atoms with Gasteiger partial charge in [-0.2, -0.15) is 0 Å². The van der Waals surface area contributed by atoms with E-state index in [0.29, 0.717) is 141 Å². The van der Waals surface area contributed by atoms with E-state index >= 15 is 0 Å². The second kappa shape index (κ2) is 69.1. The first kappa shape index (κ1) is 104. The normalized spacial score (nSPS) is 10.5. The number of nitrogens with one attached hydrogen (secondary N) is 8. The van der Waals surface area contributed by atoms with Gasteiger partial charge in [-0.25, -0.2) is 0 Å². The molecular weight excluding hydrogens is 1490 g/mol. The van der Waals surface area contributed by atoms with E-state index < -0.39 is 38.4 Å². The van der Waals surface area contributed by atoms with Crippen LogP contribution in [0, 0.1) is 0 Å². The second-order valence-corrected chi connectivity index (χ2v) is 33.2. The third kappa shape index (κ3) is 58.7. The van der Waals surface area contributed by atoms with Crippen molar-refractivity contribution in [2.24, 2.45) is 16.6 Å². The number of nitrogens with two attached hydrogens (primary N) is 2. The van der Waals surface area contributed by atoms with Gasteiger partial charge >= 0.3 is 38.4 Å². The van der Waals surface area contributed by atoms with Gasteiger partial charge < -0.3 is 104 Å². The molecule has 8 amide bonds. The molecule has 0 aliphatic heterocycles. The molecule has 0 aromatic heterocycles. The molecule has 0 unspecified atom stereocenters. The fraction of sp³-hybridized carbons (Fsp3) is 0.541. The lowest BCUT2D eigenvalue weighted by atomic mass is 10.1. The molecule has 0 radical (unpaired) electrons. The Morgan fingerprint density at radius 2 is 0.550 bits per heavy atom. The van der Waals surface area contributed by atoms with Crippen LogP contribution in [-0.4, -0.2) is 232 Å². The minimum absolute atomic E-state index is 0.00324. The summed E-state index contributed by atoms with van der Waals surface area (Å²) in [5.74, 6) is -2.66. The van der Waals surface area contributed by atoms with Gasteiger partial charge in [0.2, 0.25) is 47.3 Å². The molecule has 111 heavy (non-hydrogen) atoms. The molecule has 37 heteroatoms. The minimum atomic E-state index is -2.62. The third-order valence-electron chi connectivity index (χ3n) is 15.5. The smallest absolute Gasteiger partial charge is 0.481 e. The molecule has 0 aliphatic rings. The lowest BCUT2D eigenvalue weighted by molar-refractivity contribution is -0.139. The Hall–Kier alpha value is -8.90. The van der Waals surface area contributed by atoms with Crippen molar-refractivity contribution >= 4 is 85.6 Å². The standard InChI is InChI=1S/C21H35N3O6Si.C13H29N3O5Si.C11H14N4O.C11H16N2O.C10H21NO6Si.C8H8O2/c1-28-31(29-2,30-3)16-8-15-23-20(26)12-11-19(25)22-13-7-14-24-21(27)17-18-9-5-4-6-10-18;1-19-22(20-2,21-3)11-5-10-16-13(18)7-6-12(17)15-9-4-8-14;12-15-14-8-4-7-13-11(16)9-10-5-2-1-3-6-10;12-7-4-8-13-11(14)9-10-5-2-1-3-6-10;1-15-18(16-2,17-3)8-4-7-11-9(12)5-6-10(13)14;9-8(10)6-7-4-2-1-3-5-7/h4-6,9-10H,7-8,11-17H2,1-3H3,(H,22,25)(H,23,26)(H,24,27);4-11,14H2,1-3H3,(H,15,17)(H,16,18);1-3,5-6H,4,7-9H2,(H,13,16);1-3,5-6H,4,7-9,12H2,(H,13,14);4-8H2,1-3H3,(H,11,12)(H,13,14);1-5H,6H2,(H,9,10). The number of nitrogens with zero attached hydrogens (tertiary/aromatic N) is 3. The summed E-state index contributed by atoms with van der Waals surface area (Å²) in [6.45, 7) is 5.69. The van der Waals surface area contributed by atoms with Crippen molar-refractivity contribution in [2.45, 2.75) is 127 Å². The maximum absolute atomic E-state index is 11.9. The molecule has 4 aromatic rings. The van der Waals surface area contributed by atoms with Crippen LogP contribution >= 0.6 is 0 Å². The van der Waals surface area contributed by atoms with Crippen molar-refractivity contribution in [1.82, 2.24) is 42.5 Å². The number of amides is 8. The molecule has 0 saturated heterocycles. The molecule has 0 heterocycles. The summed E-state index contributed by atoms with van der Waals surface area (Å²) < 4.78 is 47.5. The number of carboxylic acids is 2. The number of benzene rings is 4. The first-order valence-electron chi connectivity index (χ1n) is 36.5.